The molecule has 0 amide bonds. The van der Waals surface area contributed by atoms with E-state index >= 15 is 0 Å². The number of β-amino-alcohol motifs (C(OH)–C–C–N with tert-alkyl or cyclic N) is 1. The van der Waals surface area contributed by atoms with Gasteiger partial charge in [-0.25, -0.2) is 0 Å². The maximum Gasteiger partial charge on any atom is 0.243 e. The van der Waals surface area contributed by atoms with Crippen molar-refractivity contribution in [1.82, 2.24) is 15.5 Å². The lowest BCUT2D eigenvalue weighted by molar-refractivity contribution is 0.191. The molecule has 2 N–H and O–H groups in total. The van der Waals surface area contributed by atoms with Crippen LogP contribution in [0.3, 0.4) is 0 Å². The summed E-state index contributed by atoms with van der Waals surface area (Å²) < 4.78 is 10.0. The second-order valence-corrected chi connectivity index (χ2v) is 3.64. The molecule has 2 heterocycles. The molecule has 1 fully saturated rings. The minimum Gasteiger partial charge on any atom is -0.392 e. The van der Waals surface area contributed by atoms with E-state index in [2.05, 4.69) is 15.5 Å². The summed E-state index contributed by atoms with van der Waals surface area (Å²) in [5.74, 6) is 1.20. The second kappa shape index (κ2) is 4.69. The van der Waals surface area contributed by atoms with E-state index in [1.54, 1.807) is 7.11 Å². The van der Waals surface area contributed by atoms with Gasteiger partial charge in [-0.2, -0.15) is 4.98 Å². The SMILES string of the molecule is COCCc1noc([C@@H]2CC(O)CN2)n1. The highest BCUT2D eigenvalue weighted by Gasteiger charge is 2.27. The molecule has 1 aromatic rings. The van der Waals surface area contributed by atoms with Gasteiger partial charge in [-0.15, -0.1) is 0 Å². The maximum atomic E-state index is 9.34. The van der Waals surface area contributed by atoms with E-state index in [9.17, 15) is 5.11 Å². The molecule has 0 spiro atoms. The average Bonchev–Trinajstić information content (AvgIpc) is 2.83. The lowest BCUT2D eigenvalue weighted by Gasteiger charge is -2.01. The van der Waals surface area contributed by atoms with Crippen LogP contribution < -0.4 is 5.32 Å². The molecule has 2 rings (SSSR count). The van der Waals surface area contributed by atoms with Crippen molar-refractivity contribution in [3.05, 3.63) is 11.7 Å². The van der Waals surface area contributed by atoms with Crippen LogP contribution in [-0.4, -0.2) is 41.6 Å². The number of rotatable bonds is 4. The Balaban J connectivity index is 1.94. The number of methoxy groups -OCH3 is 1. The third kappa shape index (κ3) is 2.53. The molecule has 1 unspecified atom stereocenters. The fraction of sp³-hybridized carbons (Fsp3) is 0.778. The van der Waals surface area contributed by atoms with Crippen molar-refractivity contribution < 1.29 is 14.4 Å². The molecule has 1 aliphatic rings. The lowest BCUT2D eigenvalue weighted by Crippen LogP contribution is -2.15. The predicted octanol–water partition coefficient (Wildman–Crippen LogP) is -0.346. The van der Waals surface area contributed by atoms with Gasteiger partial charge in [0, 0.05) is 20.1 Å². The first kappa shape index (κ1) is 10.5. The molecule has 1 aromatic heterocycles. The van der Waals surface area contributed by atoms with Gasteiger partial charge in [0.1, 0.15) is 0 Å². The summed E-state index contributed by atoms with van der Waals surface area (Å²) in [6.07, 6.45) is 0.964. The molecular formula is C9H15N3O3. The van der Waals surface area contributed by atoms with Gasteiger partial charge >= 0.3 is 0 Å². The topological polar surface area (TPSA) is 80.4 Å². The van der Waals surface area contributed by atoms with E-state index in [-0.39, 0.29) is 12.1 Å². The first-order valence-electron chi connectivity index (χ1n) is 5.02. The highest BCUT2D eigenvalue weighted by Crippen LogP contribution is 2.21. The first-order valence-corrected chi connectivity index (χ1v) is 5.02. The zero-order chi connectivity index (χ0) is 10.7. The van der Waals surface area contributed by atoms with Crippen molar-refractivity contribution in [2.24, 2.45) is 0 Å². The van der Waals surface area contributed by atoms with Crippen molar-refractivity contribution in [3.8, 4) is 0 Å². The zero-order valence-electron chi connectivity index (χ0n) is 8.64. The third-order valence-corrected chi connectivity index (χ3v) is 2.42. The van der Waals surface area contributed by atoms with Gasteiger partial charge in [0.15, 0.2) is 5.82 Å². The average molecular weight is 213 g/mol. The summed E-state index contributed by atoms with van der Waals surface area (Å²) in [6, 6.07) is -0.0104. The first-order chi connectivity index (χ1) is 7.29. The Morgan fingerprint density at radius 2 is 2.53 bits per heavy atom. The monoisotopic (exact) mass is 213 g/mol. The normalized spacial score (nSPS) is 26.0. The van der Waals surface area contributed by atoms with E-state index in [0.717, 1.165) is 0 Å². The fourth-order valence-electron chi connectivity index (χ4n) is 1.61. The number of ether oxygens (including phenoxy) is 1. The van der Waals surface area contributed by atoms with E-state index < -0.39 is 0 Å². The van der Waals surface area contributed by atoms with E-state index in [1.165, 1.54) is 0 Å². The highest BCUT2D eigenvalue weighted by molar-refractivity contribution is 4.97. The molecule has 1 aliphatic heterocycles. The standard InChI is InChI=1S/C9H15N3O3/c1-14-3-2-8-11-9(15-12-8)7-4-6(13)5-10-7/h6-7,10,13H,2-5H2,1H3/t6?,7-/m0/s1. The summed E-state index contributed by atoms with van der Waals surface area (Å²) in [5.41, 5.74) is 0. The van der Waals surface area contributed by atoms with Crippen molar-refractivity contribution >= 4 is 0 Å². The minimum absolute atomic E-state index is 0.0104. The van der Waals surface area contributed by atoms with Crippen LogP contribution in [0.5, 0.6) is 0 Å². The molecule has 6 heteroatoms. The number of nitrogens with zero attached hydrogens (tertiary/aromatic N) is 2. The molecule has 6 nitrogen and oxygen atoms in total. The molecule has 15 heavy (non-hydrogen) atoms. The van der Waals surface area contributed by atoms with Crippen molar-refractivity contribution in [2.75, 3.05) is 20.3 Å². The van der Waals surface area contributed by atoms with Crippen LogP contribution in [0, 0.1) is 0 Å². The minimum atomic E-state index is -0.315. The van der Waals surface area contributed by atoms with E-state index in [0.29, 0.717) is 37.7 Å². The molecule has 84 valence electrons. The molecule has 0 saturated carbocycles. The number of hydrogen-bond donors (Lipinski definition) is 2. The molecule has 2 atom stereocenters. The van der Waals surface area contributed by atoms with Gasteiger partial charge in [0.2, 0.25) is 5.89 Å². The van der Waals surface area contributed by atoms with Gasteiger partial charge in [0.05, 0.1) is 18.8 Å². The van der Waals surface area contributed by atoms with Crippen LogP contribution in [0.25, 0.3) is 0 Å². The van der Waals surface area contributed by atoms with Gasteiger partial charge in [0.25, 0.3) is 0 Å². The number of hydrogen-bond acceptors (Lipinski definition) is 6. The Bertz CT molecular complexity index is 315. The number of aromatic nitrogens is 2. The Labute approximate surface area is 87.6 Å². The van der Waals surface area contributed by atoms with Crippen LogP contribution in [0.1, 0.15) is 24.2 Å². The van der Waals surface area contributed by atoms with E-state index in [1.807, 2.05) is 0 Å². The Kier molecular flexibility index (Phi) is 3.30. The Morgan fingerprint density at radius 1 is 1.67 bits per heavy atom. The number of aliphatic hydroxyl groups is 1. The van der Waals surface area contributed by atoms with E-state index in [4.69, 9.17) is 9.26 Å². The Morgan fingerprint density at radius 3 is 3.20 bits per heavy atom. The van der Waals surface area contributed by atoms with Gasteiger partial charge < -0.3 is 19.7 Å². The molecule has 0 radical (unpaired) electrons. The highest BCUT2D eigenvalue weighted by atomic mass is 16.5. The quantitative estimate of drug-likeness (QED) is 0.711. The molecule has 0 bridgehead atoms. The lowest BCUT2D eigenvalue weighted by atomic mass is 10.2. The zero-order valence-corrected chi connectivity index (χ0v) is 8.64. The maximum absolute atomic E-state index is 9.34. The van der Waals surface area contributed by atoms with Crippen LogP contribution >= 0.6 is 0 Å². The van der Waals surface area contributed by atoms with Crippen LogP contribution in [0.15, 0.2) is 4.52 Å². The number of nitrogens with one attached hydrogen (secondary N) is 1. The smallest absolute Gasteiger partial charge is 0.243 e. The van der Waals surface area contributed by atoms with Gasteiger partial charge in [-0.05, 0) is 6.42 Å². The van der Waals surface area contributed by atoms with Crippen LogP contribution in [0.4, 0.5) is 0 Å². The largest absolute Gasteiger partial charge is 0.392 e. The molecular weight excluding hydrogens is 198 g/mol. The summed E-state index contributed by atoms with van der Waals surface area (Å²) in [7, 11) is 1.63. The van der Waals surface area contributed by atoms with Crippen LogP contribution in [-0.2, 0) is 11.2 Å². The summed E-state index contributed by atoms with van der Waals surface area (Å²) >= 11 is 0. The molecule has 1 saturated heterocycles. The summed E-state index contributed by atoms with van der Waals surface area (Å²) in [6.45, 7) is 1.17. The fourth-order valence-corrected chi connectivity index (χ4v) is 1.61. The summed E-state index contributed by atoms with van der Waals surface area (Å²) in [4.78, 5) is 4.23. The third-order valence-electron chi connectivity index (χ3n) is 2.42. The van der Waals surface area contributed by atoms with Crippen molar-refractivity contribution in [2.45, 2.75) is 25.0 Å². The van der Waals surface area contributed by atoms with Crippen molar-refractivity contribution in [3.63, 3.8) is 0 Å². The molecule has 0 aromatic carbocycles. The van der Waals surface area contributed by atoms with Gasteiger partial charge in [-0.1, -0.05) is 5.16 Å². The summed E-state index contributed by atoms with van der Waals surface area (Å²) in [5, 5.41) is 16.3. The van der Waals surface area contributed by atoms with Gasteiger partial charge in [-0.3, -0.25) is 0 Å². The predicted molar refractivity (Wildman–Crippen MR) is 51.2 cm³/mol. The number of aliphatic hydroxyl groups excluding tert-OH is 1. The van der Waals surface area contributed by atoms with Crippen LogP contribution in [0.2, 0.25) is 0 Å². The molecule has 0 aliphatic carbocycles. The second-order valence-electron chi connectivity index (χ2n) is 3.64. The van der Waals surface area contributed by atoms with Crippen molar-refractivity contribution in [1.29, 1.82) is 0 Å². The Hall–Kier alpha value is -0.980.